The van der Waals surface area contributed by atoms with Crippen LogP contribution >= 0.6 is 56.7 Å². The largest absolute Gasteiger partial charge is 0.456 e. The Balaban J connectivity index is 0.000000165. The molecule has 5 aliphatic rings. The number of methoxy groups -OCH3 is 5. The molecule has 5 saturated heterocycles. The molecule has 0 radical (unpaired) electrons. The van der Waals surface area contributed by atoms with Crippen molar-refractivity contribution in [2.45, 2.75) is 183 Å². The zero-order chi connectivity index (χ0) is 95.7. The van der Waals surface area contributed by atoms with Gasteiger partial charge in [0, 0.05) is 145 Å². The number of rotatable bonds is 25. The van der Waals surface area contributed by atoms with Crippen LogP contribution in [-0.2, 0) is 76.0 Å². The number of aliphatic hydroxyl groups excluding tert-OH is 5. The summed E-state index contributed by atoms with van der Waals surface area (Å²) < 4.78 is 71.3. The highest BCUT2D eigenvalue weighted by atomic mass is 32.1. The maximum absolute atomic E-state index is 12.4. The van der Waals surface area contributed by atoms with Crippen LogP contribution in [0.15, 0.2) is 76.2 Å². The van der Waals surface area contributed by atoms with Crippen molar-refractivity contribution in [2.75, 3.05) is 111 Å². The molecule has 714 valence electrons. The lowest BCUT2D eigenvalue weighted by Gasteiger charge is -2.22. The number of aliphatic hydroxyl groups is 5. The number of carbonyl (C=O) groups is 3. The number of thiophene rings is 5. The normalized spacial score (nSPS) is 25.7. The first kappa shape index (κ1) is 103. The van der Waals surface area contributed by atoms with Crippen LogP contribution in [0.3, 0.4) is 0 Å². The molecule has 5 fully saturated rings. The third kappa shape index (κ3) is 24.6. The second kappa shape index (κ2) is 46.9. The summed E-state index contributed by atoms with van der Waals surface area (Å²) in [5, 5.41) is 62.8. The Morgan fingerprint density at radius 3 is 1.03 bits per heavy atom. The summed E-state index contributed by atoms with van der Waals surface area (Å²) in [6.07, 6.45) is -3.72. The highest BCUT2D eigenvalue weighted by molar-refractivity contribution is 7.12. The fourth-order valence-corrected chi connectivity index (χ4v) is 19.5. The molecule has 45 nitrogen and oxygen atoms in total. The van der Waals surface area contributed by atoms with E-state index in [-0.39, 0.29) is 83.1 Å². The van der Waals surface area contributed by atoms with Crippen molar-refractivity contribution >= 4 is 184 Å². The molecular weight excluding hydrogens is 1820 g/mol. The number of nitrogens with two attached hydrogens (primary N) is 1. The van der Waals surface area contributed by atoms with Crippen LogP contribution in [-0.4, -0.2) is 341 Å². The highest BCUT2D eigenvalue weighted by Gasteiger charge is 2.52. The van der Waals surface area contributed by atoms with E-state index >= 15 is 0 Å². The van der Waals surface area contributed by atoms with Crippen LogP contribution in [0.1, 0.15) is 105 Å². The number of H-pyrrole nitrogens is 5. The molecule has 0 aliphatic carbocycles. The summed E-state index contributed by atoms with van der Waals surface area (Å²) in [6, 6.07) is 0. The maximum Gasteiger partial charge on any atom is 0.305 e. The van der Waals surface area contributed by atoms with Gasteiger partial charge in [-0.15, -0.1) is 56.7 Å². The minimum atomic E-state index is -0.973. The average Bonchev–Trinajstić information content (AvgIpc) is 1.59. The third-order valence-corrected chi connectivity index (χ3v) is 25.2. The number of fused-ring (bicyclic) bond motifs is 5. The fraction of sp³-hybridized carbons (Fsp3) is 0.543. The van der Waals surface area contributed by atoms with Crippen LogP contribution in [0.25, 0.3) is 54.5 Å². The number of aliphatic imine (C=N–C) groups is 4. The first-order valence-electron chi connectivity index (χ1n) is 40.8. The Bertz CT molecular complexity index is 5830. The molecule has 20 atom stereocenters. The predicted molar refractivity (Wildman–Crippen MR) is 492 cm³/mol. The van der Waals surface area contributed by atoms with Gasteiger partial charge in [0.2, 0.25) is 36.0 Å². The van der Waals surface area contributed by atoms with Crippen LogP contribution in [0.5, 0.6) is 0 Å². The molecule has 0 aromatic carbocycles. The third-order valence-electron chi connectivity index (χ3n) is 20.4. The lowest BCUT2D eigenvalue weighted by Crippen LogP contribution is -2.39. The number of hydrogen-bond donors (Lipinski definition) is 11. The van der Waals surface area contributed by atoms with Gasteiger partial charge in [-0.25, -0.2) is 44.9 Å². The number of aromatic nitrogens is 10. The van der Waals surface area contributed by atoms with Gasteiger partial charge in [0.1, 0.15) is 85.5 Å². The van der Waals surface area contributed by atoms with E-state index in [2.05, 4.69) is 69.8 Å². The van der Waals surface area contributed by atoms with E-state index in [0.717, 1.165) is 6.42 Å². The molecule has 10 aromatic rings. The van der Waals surface area contributed by atoms with Gasteiger partial charge in [0.05, 0.1) is 131 Å². The van der Waals surface area contributed by atoms with Gasteiger partial charge in [0.25, 0.3) is 27.8 Å². The number of carbonyl (C=O) groups excluding carboxylic acids is 3. The van der Waals surface area contributed by atoms with Crippen molar-refractivity contribution in [2.24, 2.45) is 20.0 Å². The SMILES string of the molecule is CC[C@H]1OC(OC(C)=O)[C@H](OC(C)=O)[C@@H]1OC.CC[C@H]1O[C@@H](c2scc3c(=O)[nH]c(N=CN(C)C)nc23)[C@H](O)[C@@H]1OC.CC[C@H]1O[C@@H](c2scc3c(=O)[nH]c(N=CN(C)C)nc23)[C@H](OC(C)=O)[C@@H]1OC.CN(C)C=Nc1nc2cscc2c(=O)[nH]1.CO[C@H]1[C@@H](O)[C@H](c2scc3c(=O)[nH]c(N)nc23)O[C@@H]1CO.CO[C@H]1[C@@H](O)[C@H](c2scc3c(=O)[nH]c(N=CN(C)C)nc23)O[C@@H]1CO. The Morgan fingerprint density at radius 1 is 0.397 bits per heavy atom. The van der Waals surface area contributed by atoms with Crippen LogP contribution < -0.4 is 33.5 Å². The van der Waals surface area contributed by atoms with E-state index < -0.39 is 122 Å². The van der Waals surface area contributed by atoms with Gasteiger partial charge in [-0.3, -0.25) is 63.3 Å². The second-order valence-corrected chi connectivity index (χ2v) is 35.1. The molecule has 1 unspecified atom stereocenters. The summed E-state index contributed by atoms with van der Waals surface area (Å²) >= 11 is 6.67. The number of anilines is 1. The summed E-state index contributed by atoms with van der Waals surface area (Å²) in [4.78, 5) is 155. The average molecular weight is 1930 g/mol. The molecule has 5 aliphatic heterocycles. The van der Waals surface area contributed by atoms with E-state index in [9.17, 15) is 63.9 Å². The molecule has 10 aromatic heterocycles. The summed E-state index contributed by atoms with van der Waals surface area (Å²) in [7, 11) is 22.1. The van der Waals surface area contributed by atoms with Crippen molar-refractivity contribution < 1.29 is 101 Å². The second-order valence-electron chi connectivity index (χ2n) is 30.7. The predicted octanol–water partition coefficient (Wildman–Crippen LogP) is 4.66. The molecule has 0 bridgehead atoms. The van der Waals surface area contributed by atoms with Crippen molar-refractivity contribution in [1.82, 2.24) is 69.4 Å². The monoisotopic (exact) mass is 1920 g/mol. The molecule has 50 heteroatoms. The molecule has 12 N–H and O–H groups in total. The summed E-state index contributed by atoms with van der Waals surface area (Å²) in [5.74, 6) is -0.452. The molecular formula is C81H109N19O26S5. The van der Waals surface area contributed by atoms with E-state index in [0.29, 0.717) is 92.8 Å². The van der Waals surface area contributed by atoms with Crippen LogP contribution in [0.4, 0.5) is 29.7 Å². The Kier molecular flexibility index (Phi) is 36.8. The highest BCUT2D eigenvalue weighted by Crippen LogP contribution is 2.46. The van der Waals surface area contributed by atoms with Gasteiger partial charge < -0.3 is 112 Å². The zero-order valence-electron chi connectivity index (χ0n) is 75.1. The minimum absolute atomic E-state index is 0.00152. The number of hydrogen-bond acceptors (Lipinski definition) is 41. The molecule has 0 amide bonds. The van der Waals surface area contributed by atoms with E-state index in [1.807, 2.05) is 68.4 Å². The quantitative estimate of drug-likeness (QED) is 0.0160. The van der Waals surface area contributed by atoms with E-state index in [1.165, 1.54) is 105 Å². The molecule has 15 heterocycles. The minimum Gasteiger partial charge on any atom is -0.456 e. The van der Waals surface area contributed by atoms with Crippen molar-refractivity contribution in [1.29, 1.82) is 0 Å². The Morgan fingerprint density at radius 2 is 0.695 bits per heavy atom. The standard InChI is InChI=1S/C18H24N4O5S.C16H22N4O4S.C15H20N4O5S.C12H15N3O5S.C11H18O6.C9H10N4OS/c1-6-11-13(25-5)14(26-9(2)23)15(27-11)16-12-10(7-28-16)17(24)21-18(20-12)19-8-22(3)4;1-5-9-12(23-4)11(21)13(24-9)14-10-8(6-25-14)15(22)19-16(18-10)17-7-20(2)3;1-19(2)6-16-15-17-9-7(14(22)18-15)5-25-13(9)12-10(21)11(23-3)8(4-20)24-12;1-19-8-5(2-16)20-9(7(8)17)10-6-4(3-21-10)11(18)15-12(13)14-6;1-5-8-9(14-4)10(15-6(2)12)11(17-8)16-7(3)13;1-13(2)5-10-9-11-7-4-15-3-6(7)8(14)12-9/h7-8,11,13-15H,6H2,1-5H3,(H,20,21,24);6-7,9,11-13,21H,5H2,1-4H3,(H,18,19,22);5-6,8,10-12,20-21H,4H2,1-3H3,(H,17,18,22);3,5,7-9,16-17H,2H2,1H3,(H3,13,14,15,18);8-11H,5H2,1-4H3;3-5H,1-2H3,(H,11,12,14)/t11-,13-,14-,15-;9-,11-,12-,13-;8-,10-,11-,12-;5-,7-,8-,9-;8-,9-,10-,11?;/m11111./s1. The van der Waals surface area contributed by atoms with Gasteiger partial charge >= 0.3 is 17.9 Å². The van der Waals surface area contributed by atoms with Crippen LogP contribution in [0, 0.1) is 0 Å². The number of ether oxygens (including phenoxy) is 13. The summed E-state index contributed by atoms with van der Waals surface area (Å²) in [6.45, 7) is 9.24. The van der Waals surface area contributed by atoms with Gasteiger partial charge in [-0.05, 0) is 19.3 Å². The number of esters is 3. The summed E-state index contributed by atoms with van der Waals surface area (Å²) in [5.41, 5.74) is 6.74. The lowest BCUT2D eigenvalue weighted by molar-refractivity contribution is -0.195. The Hall–Kier alpha value is -10.3. The molecule has 131 heavy (non-hydrogen) atoms. The van der Waals surface area contributed by atoms with E-state index in [4.69, 9.17) is 67.3 Å². The first-order chi connectivity index (χ1) is 62.5. The van der Waals surface area contributed by atoms with Crippen molar-refractivity contribution in [3.63, 3.8) is 0 Å². The molecule has 0 saturated carbocycles. The van der Waals surface area contributed by atoms with Crippen molar-refractivity contribution in [3.05, 3.63) is 104 Å². The number of nitrogen functional groups attached to an aromatic ring is 1. The smallest absolute Gasteiger partial charge is 0.305 e. The van der Waals surface area contributed by atoms with E-state index in [1.54, 1.807) is 93.8 Å². The molecule has 15 rings (SSSR count). The Labute approximate surface area is 768 Å². The van der Waals surface area contributed by atoms with Crippen molar-refractivity contribution in [3.8, 4) is 0 Å². The first-order valence-corrected chi connectivity index (χ1v) is 45.2. The number of nitrogens with zero attached hydrogens (tertiary/aromatic N) is 13. The number of nitrogens with one attached hydrogen (secondary N) is 5. The maximum atomic E-state index is 12.4. The lowest BCUT2D eigenvalue weighted by atomic mass is 10.0. The molecule has 0 spiro atoms. The zero-order valence-corrected chi connectivity index (χ0v) is 79.2. The number of aromatic amines is 5. The fourth-order valence-electron chi connectivity index (χ4n) is 14.5. The van der Waals surface area contributed by atoms with Gasteiger partial charge in [0.15, 0.2) is 12.2 Å². The van der Waals surface area contributed by atoms with Gasteiger partial charge in [-0.2, -0.15) is 0 Å². The van der Waals surface area contributed by atoms with Crippen LogP contribution in [0.2, 0.25) is 0 Å². The topological polar surface area (TPSA) is 590 Å². The van der Waals surface area contributed by atoms with Gasteiger partial charge in [-0.1, -0.05) is 20.8 Å².